The second-order valence-corrected chi connectivity index (χ2v) is 12.4. The monoisotopic (exact) mass is 603 g/mol. The number of aromatic nitrogens is 5. The summed E-state index contributed by atoms with van der Waals surface area (Å²) in [5.74, 6) is -2.03. The lowest BCUT2D eigenvalue weighted by Gasteiger charge is -2.49. The third-order valence-electron chi connectivity index (χ3n) is 5.30. The summed E-state index contributed by atoms with van der Waals surface area (Å²) in [4.78, 5) is 44.3. The van der Waals surface area contributed by atoms with Gasteiger partial charge in [-0.3, -0.25) is 14.5 Å². The first kappa shape index (κ1) is 27.8. The van der Waals surface area contributed by atoms with E-state index >= 15 is 0 Å². The molecule has 2 atom stereocenters. The second kappa shape index (κ2) is 10.9. The number of hydrogen-bond acceptors (Lipinski definition) is 13. The van der Waals surface area contributed by atoms with E-state index in [1.54, 1.807) is 7.05 Å². The highest BCUT2D eigenvalue weighted by Gasteiger charge is 2.54. The molecule has 0 aliphatic carbocycles. The molecular weight excluding hydrogens is 583 g/mol. The Balaban J connectivity index is 1.53. The Morgan fingerprint density at radius 1 is 1.37 bits per heavy atom. The van der Waals surface area contributed by atoms with E-state index in [9.17, 15) is 27.9 Å². The molecule has 2 aliphatic rings. The van der Waals surface area contributed by atoms with Gasteiger partial charge >= 0.3 is 5.97 Å². The Bertz CT molecular complexity index is 1540. The number of sulfonamides is 1. The standard InChI is InChI=1S/C18H21N9O7S4/c1-25-9(7-37-18(25)22-38(4,32)33)10(21-34-3)13(28)19-11-14(29)27-12(16(30)31)8(5-35-15(11)27)6-36-17-20-23-24-26(17)2/h7,11,15H,5-6H2,1-4H3,(H,19,28)(H,30,31)/b21-10+,22-18-/t11?,15-/m1/s1. The smallest absolute Gasteiger partial charge is 0.352 e. The highest BCUT2D eigenvalue weighted by Crippen LogP contribution is 2.41. The fourth-order valence-corrected chi connectivity index (χ4v) is 7.67. The summed E-state index contributed by atoms with van der Waals surface area (Å²) in [6.45, 7) is 0. The number of oxime groups is 1. The number of carbonyl (C=O) groups excluding carboxylic acids is 2. The summed E-state index contributed by atoms with van der Waals surface area (Å²) < 4.78 is 29.6. The van der Waals surface area contributed by atoms with Crippen LogP contribution in [0.4, 0.5) is 0 Å². The van der Waals surface area contributed by atoms with Gasteiger partial charge < -0.3 is 19.8 Å². The van der Waals surface area contributed by atoms with Crippen LogP contribution in [-0.2, 0) is 43.3 Å². The largest absolute Gasteiger partial charge is 0.477 e. The van der Waals surface area contributed by atoms with E-state index in [4.69, 9.17) is 4.84 Å². The van der Waals surface area contributed by atoms with Crippen molar-refractivity contribution < 1.29 is 32.7 Å². The van der Waals surface area contributed by atoms with Crippen molar-refractivity contribution in [2.75, 3.05) is 24.9 Å². The number of carboxylic acid groups (broad SMARTS) is 1. The van der Waals surface area contributed by atoms with E-state index in [1.165, 1.54) is 52.3 Å². The van der Waals surface area contributed by atoms with Gasteiger partial charge in [-0.1, -0.05) is 16.9 Å². The highest BCUT2D eigenvalue weighted by molar-refractivity contribution is 8.01. The number of tetrazole rings is 1. The van der Waals surface area contributed by atoms with E-state index in [-0.39, 0.29) is 27.7 Å². The Labute approximate surface area is 227 Å². The number of thiazole rings is 1. The average molecular weight is 604 g/mol. The maximum absolute atomic E-state index is 13.1. The highest BCUT2D eigenvalue weighted by atomic mass is 32.2. The number of aryl methyl sites for hydroxylation is 1. The number of β-lactam (4-membered cyclic amide) rings is 1. The predicted molar refractivity (Wildman–Crippen MR) is 136 cm³/mol. The van der Waals surface area contributed by atoms with Gasteiger partial charge in [-0.05, 0) is 16.0 Å². The lowest BCUT2D eigenvalue weighted by Crippen LogP contribution is -2.71. The fraction of sp³-hybridized carbons (Fsp3) is 0.444. The van der Waals surface area contributed by atoms with E-state index < -0.39 is 39.2 Å². The third kappa shape index (κ3) is 5.47. The van der Waals surface area contributed by atoms with E-state index in [1.807, 2.05) is 0 Å². The van der Waals surface area contributed by atoms with Gasteiger partial charge in [0.1, 0.15) is 24.2 Å². The van der Waals surface area contributed by atoms with Crippen LogP contribution < -0.4 is 10.1 Å². The van der Waals surface area contributed by atoms with Gasteiger partial charge in [0.25, 0.3) is 21.8 Å². The first-order valence-corrected chi connectivity index (χ1v) is 15.3. The van der Waals surface area contributed by atoms with Gasteiger partial charge in [-0.25, -0.2) is 17.9 Å². The predicted octanol–water partition coefficient (Wildman–Crippen LogP) is -1.65. The first-order chi connectivity index (χ1) is 17.9. The van der Waals surface area contributed by atoms with Crippen molar-refractivity contribution >= 4 is 68.4 Å². The van der Waals surface area contributed by atoms with E-state index in [0.29, 0.717) is 16.5 Å². The van der Waals surface area contributed by atoms with Crippen molar-refractivity contribution in [2.24, 2.45) is 23.6 Å². The van der Waals surface area contributed by atoms with Crippen molar-refractivity contribution in [2.45, 2.75) is 16.6 Å². The Hall–Kier alpha value is -3.23. The maximum atomic E-state index is 13.1. The molecule has 204 valence electrons. The van der Waals surface area contributed by atoms with Gasteiger partial charge in [-0.15, -0.1) is 32.6 Å². The molecule has 1 unspecified atom stereocenters. The number of carboxylic acids is 1. The van der Waals surface area contributed by atoms with Crippen LogP contribution in [0.1, 0.15) is 5.69 Å². The molecule has 1 saturated heterocycles. The van der Waals surface area contributed by atoms with Crippen LogP contribution in [0.5, 0.6) is 0 Å². The zero-order valence-electron chi connectivity index (χ0n) is 20.3. The minimum atomic E-state index is -3.69. The van der Waals surface area contributed by atoms with Crippen LogP contribution in [0.2, 0.25) is 0 Å². The lowest BCUT2D eigenvalue weighted by molar-refractivity contribution is -0.150. The number of aliphatic carboxylic acids is 1. The molecule has 1 fully saturated rings. The number of nitrogens with one attached hydrogen (secondary N) is 1. The Morgan fingerprint density at radius 3 is 2.71 bits per heavy atom. The second-order valence-electron chi connectivity index (χ2n) is 7.90. The topological polar surface area (TPSA) is 203 Å². The van der Waals surface area contributed by atoms with Gasteiger partial charge in [0.15, 0.2) is 5.71 Å². The molecule has 2 amide bonds. The molecular formula is C18H21N9O7S4. The molecule has 0 radical (unpaired) electrons. The molecule has 0 spiro atoms. The summed E-state index contributed by atoms with van der Waals surface area (Å²) in [6.07, 6.45) is 0.940. The molecule has 4 heterocycles. The molecule has 0 saturated carbocycles. The molecule has 38 heavy (non-hydrogen) atoms. The number of carbonyl (C=O) groups is 3. The van der Waals surface area contributed by atoms with E-state index in [0.717, 1.165) is 22.5 Å². The lowest BCUT2D eigenvalue weighted by atomic mass is 10.0. The third-order valence-corrected chi connectivity index (χ3v) is 9.28. The summed E-state index contributed by atoms with van der Waals surface area (Å²) in [7, 11) is 0.702. The Kier molecular flexibility index (Phi) is 7.95. The average Bonchev–Trinajstić information content (AvgIpc) is 3.42. The number of fused-ring (bicyclic) bond motifs is 1. The van der Waals surface area contributed by atoms with Crippen LogP contribution in [0.25, 0.3) is 0 Å². The van der Waals surface area contributed by atoms with Crippen molar-refractivity contribution in [3.63, 3.8) is 0 Å². The number of rotatable bonds is 9. The zero-order valence-corrected chi connectivity index (χ0v) is 23.5. The van der Waals surface area contributed by atoms with Gasteiger partial charge in [0.2, 0.25) is 9.96 Å². The quantitative estimate of drug-likeness (QED) is 0.143. The molecule has 0 bridgehead atoms. The van der Waals surface area contributed by atoms with Crippen molar-refractivity contribution in [3.8, 4) is 0 Å². The van der Waals surface area contributed by atoms with Gasteiger partial charge in [-0.2, -0.15) is 0 Å². The molecule has 2 aliphatic heterocycles. The summed E-state index contributed by atoms with van der Waals surface area (Å²) in [6, 6.07) is -1.01. The maximum Gasteiger partial charge on any atom is 0.352 e. The molecule has 20 heteroatoms. The zero-order chi connectivity index (χ0) is 27.8. The summed E-state index contributed by atoms with van der Waals surface area (Å²) >= 11 is 3.53. The van der Waals surface area contributed by atoms with Crippen LogP contribution in [-0.4, -0.2) is 103 Å². The molecule has 0 aromatic carbocycles. The molecule has 2 aromatic rings. The Morgan fingerprint density at radius 2 is 2.11 bits per heavy atom. The number of nitrogens with zero attached hydrogens (tertiary/aromatic N) is 8. The van der Waals surface area contributed by atoms with Crippen LogP contribution >= 0.6 is 34.9 Å². The van der Waals surface area contributed by atoms with E-state index in [2.05, 4.69) is 30.4 Å². The van der Waals surface area contributed by atoms with Crippen molar-refractivity contribution in [3.05, 3.63) is 27.1 Å². The number of amides is 2. The summed E-state index contributed by atoms with van der Waals surface area (Å²) in [5.41, 5.74) is 0.393. The first-order valence-electron chi connectivity index (χ1n) is 10.5. The van der Waals surface area contributed by atoms with Crippen LogP contribution in [0.3, 0.4) is 0 Å². The SMILES string of the molecule is CO/N=C(/C(=O)NC1C(=O)N2C(C(=O)O)=C(CSc3nnnn3C)CS[C@H]12)c1cs/c(=N\S(C)(=O)=O)n1C. The van der Waals surface area contributed by atoms with Crippen molar-refractivity contribution in [1.82, 2.24) is 35.0 Å². The minimum Gasteiger partial charge on any atom is -0.477 e. The van der Waals surface area contributed by atoms with Crippen LogP contribution in [0, 0.1) is 0 Å². The molecule has 2 aromatic heterocycles. The molecule has 4 rings (SSSR count). The molecule has 16 nitrogen and oxygen atoms in total. The van der Waals surface area contributed by atoms with Gasteiger partial charge in [0, 0.05) is 31.0 Å². The normalized spacial score (nSPS) is 20.3. The van der Waals surface area contributed by atoms with Crippen LogP contribution in [0.15, 0.2) is 31.4 Å². The number of hydrogen-bond donors (Lipinski definition) is 2. The van der Waals surface area contributed by atoms with Crippen molar-refractivity contribution in [1.29, 1.82) is 0 Å². The fourth-order valence-electron chi connectivity index (χ4n) is 3.60. The molecule has 2 N–H and O–H groups in total. The minimum absolute atomic E-state index is 0.103. The number of thioether (sulfide) groups is 2. The van der Waals surface area contributed by atoms with Gasteiger partial charge in [0.05, 0.1) is 11.9 Å². The summed E-state index contributed by atoms with van der Waals surface area (Å²) in [5, 5.41) is 28.7.